The second-order valence-electron chi connectivity index (χ2n) is 6.45. The molecule has 0 heterocycles. The van der Waals surface area contributed by atoms with Gasteiger partial charge in [-0.25, -0.2) is 9.79 Å². The number of carbonyl (C=O) groups excluding carboxylic acids is 2. The van der Waals surface area contributed by atoms with Crippen molar-refractivity contribution in [3.8, 4) is 0 Å². The average molecular weight is 382 g/mol. The minimum absolute atomic E-state index is 0.0613. The van der Waals surface area contributed by atoms with E-state index < -0.39 is 24.2 Å². The van der Waals surface area contributed by atoms with Crippen LogP contribution in [0.3, 0.4) is 0 Å². The summed E-state index contributed by atoms with van der Waals surface area (Å²) in [7, 11) is 0. The summed E-state index contributed by atoms with van der Waals surface area (Å²) in [6.45, 7) is 6.99. The SMILES string of the molecule is CCC(=O)NC(N)=N[C@H]1CC(C(=O)O)=C[C@@H](OC(CC)CC)[C@@H]1NC(C)=O. The summed E-state index contributed by atoms with van der Waals surface area (Å²) in [4.78, 5) is 39.0. The van der Waals surface area contributed by atoms with E-state index in [1.54, 1.807) is 6.92 Å². The van der Waals surface area contributed by atoms with Crippen LogP contribution in [0.4, 0.5) is 0 Å². The fourth-order valence-corrected chi connectivity index (χ4v) is 2.91. The van der Waals surface area contributed by atoms with Crippen LogP contribution < -0.4 is 16.4 Å². The number of nitrogens with one attached hydrogen (secondary N) is 2. The Morgan fingerprint density at radius 2 is 1.96 bits per heavy atom. The highest BCUT2D eigenvalue weighted by Gasteiger charge is 2.37. The molecule has 3 atom stereocenters. The molecule has 27 heavy (non-hydrogen) atoms. The molecular weight excluding hydrogens is 352 g/mol. The summed E-state index contributed by atoms with van der Waals surface area (Å²) in [5.41, 5.74) is 5.93. The number of hydrogen-bond acceptors (Lipinski definition) is 5. The van der Waals surface area contributed by atoms with Crippen LogP contribution in [0.5, 0.6) is 0 Å². The number of ether oxygens (including phenoxy) is 1. The number of carboxylic acids is 1. The normalized spacial score (nSPS) is 22.9. The fraction of sp³-hybridized carbons (Fsp3) is 0.667. The van der Waals surface area contributed by atoms with Gasteiger partial charge in [-0.1, -0.05) is 20.8 Å². The van der Waals surface area contributed by atoms with E-state index in [0.717, 1.165) is 12.8 Å². The first-order valence-corrected chi connectivity index (χ1v) is 9.21. The second-order valence-corrected chi connectivity index (χ2v) is 6.45. The van der Waals surface area contributed by atoms with Crippen molar-refractivity contribution in [1.82, 2.24) is 10.6 Å². The molecule has 5 N–H and O–H groups in total. The first-order chi connectivity index (χ1) is 12.7. The van der Waals surface area contributed by atoms with Crippen LogP contribution in [0.2, 0.25) is 0 Å². The van der Waals surface area contributed by atoms with Crippen molar-refractivity contribution in [2.45, 2.75) is 77.7 Å². The zero-order chi connectivity index (χ0) is 20.6. The van der Waals surface area contributed by atoms with Gasteiger partial charge in [0, 0.05) is 25.3 Å². The first kappa shape index (κ1) is 22.6. The molecule has 0 aromatic rings. The highest BCUT2D eigenvalue weighted by molar-refractivity contribution is 5.96. The van der Waals surface area contributed by atoms with Gasteiger partial charge in [0.15, 0.2) is 5.96 Å². The fourth-order valence-electron chi connectivity index (χ4n) is 2.91. The van der Waals surface area contributed by atoms with Gasteiger partial charge in [-0.05, 0) is 18.9 Å². The Labute approximate surface area is 159 Å². The van der Waals surface area contributed by atoms with E-state index in [4.69, 9.17) is 10.5 Å². The van der Waals surface area contributed by atoms with E-state index in [-0.39, 0.29) is 42.3 Å². The molecule has 0 saturated heterocycles. The van der Waals surface area contributed by atoms with Gasteiger partial charge in [-0.3, -0.25) is 14.9 Å². The van der Waals surface area contributed by atoms with Crippen LogP contribution in [-0.2, 0) is 19.1 Å². The molecule has 0 unspecified atom stereocenters. The minimum atomic E-state index is -1.08. The Morgan fingerprint density at radius 1 is 1.33 bits per heavy atom. The topological polar surface area (TPSA) is 143 Å². The largest absolute Gasteiger partial charge is 0.478 e. The maximum absolute atomic E-state index is 11.7. The van der Waals surface area contributed by atoms with Crippen molar-refractivity contribution in [3.63, 3.8) is 0 Å². The molecule has 0 aliphatic heterocycles. The summed E-state index contributed by atoms with van der Waals surface area (Å²) in [6, 6.07) is -1.27. The number of carbonyl (C=O) groups is 3. The second kappa shape index (κ2) is 10.7. The zero-order valence-corrected chi connectivity index (χ0v) is 16.3. The number of nitrogens with two attached hydrogens (primary N) is 1. The third kappa shape index (κ3) is 7.01. The standard InChI is InChI=1S/C18H30N4O5/c1-5-12(6-2)27-14-9-11(17(25)26)8-13(16(14)20-10(4)23)21-18(19)22-15(24)7-3/h9,12-14,16H,5-8H2,1-4H3,(H,20,23)(H,25,26)(H3,19,21,22,24)/t13-,14+,16+/m0/s1. The number of aliphatic imine (C=N–C) groups is 1. The number of nitrogens with zero attached hydrogens (tertiary/aromatic N) is 1. The summed E-state index contributed by atoms with van der Waals surface area (Å²) in [6.07, 6.45) is 2.56. The van der Waals surface area contributed by atoms with Gasteiger partial charge in [0.2, 0.25) is 11.8 Å². The molecule has 0 radical (unpaired) electrons. The van der Waals surface area contributed by atoms with Gasteiger partial charge < -0.3 is 20.9 Å². The van der Waals surface area contributed by atoms with E-state index in [1.165, 1.54) is 13.0 Å². The predicted octanol–water partition coefficient (Wildman–Crippen LogP) is 0.689. The van der Waals surface area contributed by atoms with Gasteiger partial charge in [-0.2, -0.15) is 0 Å². The zero-order valence-electron chi connectivity index (χ0n) is 16.3. The number of carboxylic acid groups (broad SMARTS) is 1. The van der Waals surface area contributed by atoms with Gasteiger partial charge in [-0.15, -0.1) is 0 Å². The molecule has 1 aliphatic carbocycles. The van der Waals surface area contributed by atoms with Crippen molar-refractivity contribution >= 4 is 23.7 Å². The number of aliphatic carboxylic acids is 1. The smallest absolute Gasteiger partial charge is 0.331 e. The van der Waals surface area contributed by atoms with Crippen molar-refractivity contribution in [2.75, 3.05) is 0 Å². The molecule has 0 spiro atoms. The van der Waals surface area contributed by atoms with E-state index in [1.807, 2.05) is 13.8 Å². The number of guanidine groups is 1. The molecule has 1 rings (SSSR count). The van der Waals surface area contributed by atoms with Crippen LogP contribution in [0.15, 0.2) is 16.6 Å². The molecule has 0 saturated carbocycles. The molecule has 0 aromatic heterocycles. The lowest BCUT2D eigenvalue weighted by atomic mass is 9.88. The summed E-state index contributed by atoms with van der Waals surface area (Å²) in [5.74, 6) is -1.79. The van der Waals surface area contributed by atoms with Crippen LogP contribution in [0.1, 0.15) is 53.4 Å². The third-order valence-electron chi connectivity index (χ3n) is 4.36. The van der Waals surface area contributed by atoms with Crippen molar-refractivity contribution in [1.29, 1.82) is 0 Å². The number of hydrogen-bond donors (Lipinski definition) is 4. The molecule has 9 heteroatoms. The van der Waals surface area contributed by atoms with Crippen molar-refractivity contribution in [3.05, 3.63) is 11.6 Å². The molecule has 2 amide bonds. The van der Waals surface area contributed by atoms with Gasteiger partial charge >= 0.3 is 5.97 Å². The molecule has 0 bridgehead atoms. The third-order valence-corrected chi connectivity index (χ3v) is 4.36. The Balaban J connectivity index is 3.22. The first-order valence-electron chi connectivity index (χ1n) is 9.21. The Hall–Kier alpha value is -2.42. The highest BCUT2D eigenvalue weighted by Crippen LogP contribution is 2.26. The quantitative estimate of drug-likeness (QED) is 0.359. The monoisotopic (exact) mass is 382 g/mol. The molecule has 9 nitrogen and oxygen atoms in total. The van der Waals surface area contributed by atoms with E-state index in [0.29, 0.717) is 0 Å². The van der Waals surface area contributed by atoms with E-state index >= 15 is 0 Å². The molecule has 0 fully saturated rings. The number of rotatable bonds is 8. The maximum Gasteiger partial charge on any atom is 0.331 e. The molecular formula is C18H30N4O5. The van der Waals surface area contributed by atoms with Crippen molar-refractivity contribution in [2.24, 2.45) is 10.7 Å². The summed E-state index contributed by atoms with van der Waals surface area (Å²) in [5, 5.41) is 14.7. The predicted molar refractivity (Wildman–Crippen MR) is 101 cm³/mol. The summed E-state index contributed by atoms with van der Waals surface area (Å²) < 4.78 is 6.05. The van der Waals surface area contributed by atoms with Crippen molar-refractivity contribution < 1.29 is 24.2 Å². The lowest BCUT2D eigenvalue weighted by Gasteiger charge is -2.36. The highest BCUT2D eigenvalue weighted by atomic mass is 16.5. The molecule has 152 valence electrons. The summed E-state index contributed by atoms with van der Waals surface area (Å²) >= 11 is 0. The lowest BCUT2D eigenvalue weighted by molar-refractivity contribution is -0.133. The van der Waals surface area contributed by atoms with Crippen LogP contribution in [0.25, 0.3) is 0 Å². The van der Waals surface area contributed by atoms with Gasteiger partial charge in [0.1, 0.15) is 0 Å². The van der Waals surface area contributed by atoms with Crippen LogP contribution >= 0.6 is 0 Å². The molecule has 1 aliphatic rings. The minimum Gasteiger partial charge on any atom is -0.478 e. The van der Waals surface area contributed by atoms with E-state index in [2.05, 4.69) is 15.6 Å². The lowest BCUT2D eigenvalue weighted by Crippen LogP contribution is -2.54. The average Bonchev–Trinajstić information content (AvgIpc) is 2.60. The Morgan fingerprint density at radius 3 is 2.44 bits per heavy atom. The maximum atomic E-state index is 11.7. The number of amides is 2. The Kier molecular flexibility index (Phi) is 8.93. The Bertz CT molecular complexity index is 613. The van der Waals surface area contributed by atoms with Gasteiger partial charge in [0.05, 0.1) is 24.3 Å². The van der Waals surface area contributed by atoms with Crippen LogP contribution in [0, 0.1) is 0 Å². The van der Waals surface area contributed by atoms with E-state index in [9.17, 15) is 19.5 Å². The van der Waals surface area contributed by atoms with Gasteiger partial charge in [0.25, 0.3) is 0 Å². The molecule has 0 aromatic carbocycles. The van der Waals surface area contributed by atoms with Crippen LogP contribution in [-0.4, -0.2) is 53.1 Å².